The third-order valence-corrected chi connectivity index (χ3v) is 2.28. The summed E-state index contributed by atoms with van der Waals surface area (Å²) in [5, 5.41) is 0. The third kappa shape index (κ3) is 3.68. The Morgan fingerprint density at radius 1 is 1.47 bits per heavy atom. The molecule has 2 N–H and O–H groups in total. The van der Waals surface area contributed by atoms with Crippen molar-refractivity contribution in [3.8, 4) is 5.75 Å². The molecule has 0 bridgehead atoms. The highest BCUT2D eigenvalue weighted by Gasteiger charge is 2.07. The maximum absolute atomic E-state index is 12.1. The molecule has 15 heavy (non-hydrogen) atoms. The summed E-state index contributed by atoms with van der Waals surface area (Å²) in [5.41, 5.74) is 7.76. The number of rotatable bonds is 4. The van der Waals surface area contributed by atoms with E-state index in [2.05, 4.69) is 0 Å². The van der Waals surface area contributed by atoms with Gasteiger partial charge < -0.3 is 10.5 Å². The fourth-order valence-corrected chi connectivity index (χ4v) is 1.35. The molecule has 0 radical (unpaired) electrons. The van der Waals surface area contributed by atoms with Crippen molar-refractivity contribution in [2.45, 2.75) is 19.4 Å². The van der Waals surface area contributed by atoms with E-state index < -0.39 is 6.67 Å². The standard InChI is InChI=1S/C11H16FNO.ClH/c1-8-3-4-9(7-11(8)14-2)10(13)5-6-12;/h3-4,7,10H,5-6,13H2,1-2H3;1H/t10-;/m1./s1. The quantitative estimate of drug-likeness (QED) is 0.868. The van der Waals surface area contributed by atoms with Crippen LogP contribution in [0.2, 0.25) is 0 Å². The molecule has 0 aliphatic carbocycles. The predicted molar refractivity (Wildman–Crippen MR) is 62.5 cm³/mol. The molecule has 4 heteroatoms. The van der Waals surface area contributed by atoms with Gasteiger partial charge in [0.25, 0.3) is 0 Å². The minimum atomic E-state index is -0.392. The van der Waals surface area contributed by atoms with Crippen LogP contribution in [-0.2, 0) is 0 Å². The molecule has 86 valence electrons. The molecular weight excluding hydrogens is 217 g/mol. The van der Waals surface area contributed by atoms with Gasteiger partial charge in [0, 0.05) is 6.04 Å². The lowest BCUT2D eigenvalue weighted by Gasteiger charge is -2.12. The smallest absolute Gasteiger partial charge is 0.122 e. The summed E-state index contributed by atoms with van der Waals surface area (Å²) in [6.07, 6.45) is 0.353. The zero-order chi connectivity index (χ0) is 10.6. The molecular formula is C11H17ClFNO. The van der Waals surface area contributed by atoms with E-state index >= 15 is 0 Å². The van der Waals surface area contributed by atoms with Crippen LogP contribution in [0.15, 0.2) is 18.2 Å². The Labute approximate surface area is 96.0 Å². The van der Waals surface area contributed by atoms with Crippen molar-refractivity contribution in [3.05, 3.63) is 29.3 Å². The molecule has 0 aromatic heterocycles. The van der Waals surface area contributed by atoms with Gasteiger partial charge in [0.05, 0.1) is 13.8 Å². The second kappa shape index (κ2) is 6.64. The largest absolute Gasteiger partial charge is 0.496 e. The number of hydrogen-bond acceptors (Lipinski definition) is 2. The van der Waals surface area contributed by atoms with Crippen LogP contribution in [0.5, 0.6) is 5.75 Å². The van der Waals surface area contributed by atoms with Crippen molar-refractivity contribution in [1.82, 2.24) is 0 Å². The highest BCUT2D eigenvalue weighted by molar-refractivity contribution is 5.85. The number of methoxy groups -OCH3 is 1. The van der Waals surface area contributed by atoms with Crippen molar-refractivity contribution in [2.75, 3.05) is 13.8 Å². The van der Waals surface area contributed by atoms with Crippen LogP contribution < -0.4 is 10.5 Å². The topological polar surface area (TPSA) is 35.2 Å². The summed E-state index contributed by atoms with van der Waals surface area (Å²) in [6.45, 7) is 1.57. The van der Waals surface area contributed by atoms with Crippen LogP contribution >= 0.6 is 12.4 Å². The Bertz CT molecular complexity index is 307. The van der Waals surface area contributed by atoms with Crippen LogP contribution in [0.4, 0.5) is 4.39 Å². The van der Waals surface area contributed by atoms with E-state index in [9.17, 15) is 4.39 Å². The number of aryl methyl sites for hydroxylation is 1. The second-order valence-electron chi connectivity index (χ2n) is 3.31. The average Bonchev–Trinajstić information content (AvgIpc) is 2.19. The third-order valence-electron chi connectivity index (χ3n) is 2.28. The van der Waals surface area contributed by atoms with Gasteiger partial charge in [-0.1, -0.05) is 12.1 Å². The molecule has 0 unspecified atom stereocenters. The number of benzene rings is 1. The van der Waals surface area contributed by atoms with E-state index in [1.165, 1.54) is 0 Å². The van der Waals surface area contributed by atoms with Crippen LogP contribution in [0.1, 0.15) is 23.6 Å². The van der Waals surface area contributed by atoms with E-state index in [-0.39, 0.29) is 18.4 Å². The molecule has 0 amide bonds. The van der Waals surface area contributed by atoms with Crippen LogP contribution in [0.3, 0.4) is 0 Å². The molecule has 0 saturated carbocycles. The van der Waals surface area contributed by atoms with E-state index in [1.54, 1.807) is 7.11 Å². The van der Waals surface area contributed by atoms with Crippen LogP contribution in [0, 0.1) is 6.92 Å². The predicted octanol–water partition coefficient (Wildman–Crippen LogP) is 2.78. The average molecular weight is 234 g/mol. The highest BCUT2D eigenvalue weighted by Crippen LogP contribution is 2.23. The van der Waals surface area contributed by atoms with E-state index in [4.69, 9.17) is 10.5 Å². The molecule has 0 fully saturated rings. The van der Waals surface area contributed by atoms with Gasteiger partial charge in [-0.05, 0) is 30.5 Å². The van der Waals surface area contributed by atoms with Crippen molar-refractivity contribution >= 4 is 12.4 Å². The SMILES string of the molecule is COc1cc([C@H](N)CCF)ccc1C.Cl. The van der Waals surface area contributed by atoms with Crippen molar-refractivity contribution < 1.29 is 9.13 Å². The summed E-state index contributed by atoms with van der Waals surface area (Å²) in [7, 11) is 1.62. The van der Waals surface area contributed by atoms with Gasteiger partial charge in [0.1, 0.15) is 5.75 Å². The van der Waals surface area contributed by atoms with Gasteiger partial charge >= 0.3 is 0 Å². The van der Waals surface area contributed by atoms with E-state index in [0.717, 1.165) is 16.9 Å². The van der Waals surface area contributed by atoms with E-state index in [0.29, 0.717) is 6.42 Å². The molecule has 1 rings (SSSR count). The first-order valence-electron chi connectivity index (χ1n) is 4.65. The summed E-state index contributed by atoms with van der Waals surface area (Å²) in [5.74, 6) is 0.803. The van der Waals surface area contributed by atoms with E-state index in [1.807, 2.05) is 25.1 Å². The first-order valence-corrected chi connectivity index (χ1v) is 4.65. The van der Waals surface area contributed by atoms with Gasteiger partial charge in [-0.15, -0.1) is 12.4 Å². The Balaban J connectivity index is 0.00000196. The molecule has 1 atom stereocenters. The molecule has 2 nitrogen and oxygen atoms in total. The minimum absolute atomic E-state index is 0. The minimum Gasteiger partial charge on any atom is -0.496 e. The molecule has 0 spiro atoms. The Hall–Kier alpha value is -0.800. The zero-order valence-corrected chi connectivity index (χ0v) is 9.81. The molecule has 0 aliphatic heterocycles. The fourth-order valence-electron chi connectivity index (χ4n) is 1.35. The highest BCUT2D eigenvalue weighted by atomic mass is 35.5. The Morgan fingerprint density at radius 2 is 2.13 bits per heavy atom. The lowest BCUT2D eigenvalue weighted by atomic mass is 10.0. The summed E-state index contributed by atoms with van der Waals surface area (Å²) >= 11 is 0. The molecule has 0 heterocycles. The molecule has 0 aliphatic rings. The van der Waals surface area contributed by atoms with Crippen molar-refractivity contribution in [3.63, 3.8) is 0 Å². The summed E-state index contributed by atoms with van der Waals surface area (Å²) in [4.78, 5) is 0. The first-order chi connectivity index (χ1) is 6.69. The van der Waals surface area contributed by atoms with Gasteiger partial charge in [-0.2, -0.15) is 0 Å². The number of halogens is 2. The van der Waals surface area contributed by atoms with Crippen molar-refractivity contribution in [1.29, 1.82) is 0 Å². The van der Waals surface area contributed by atoms with Crippen LogP contribution in [0.25, 0.3) is 0 Å². The summed E-state index contributed by atoms with van der Waals surface area (Å²) in [6, 6.07) is 5.48. The number of ether oxygens (including phenoxy) is 1. The first kappa shape index (κ1) is 14.2. The van der Waals surface area contributed by atoms with Gasteiger partial charge in [-0.3, -0.25) is 4.39 Å². The van der Waals surface area contributed by atoms with Gasteiger partial charge in [0.15, 0.2) is 0 Å². The normalized spacial score (nSPS) is 11.7. The summed E-state index contributed by atoms with van der Waals surface area (Å²) < 4.78 is 17.2. The zero-order valence-electron chi connectivity index (χ0n) is 9.00. The maximum atomic E-state index is 12.1. The Kier molecular flexibility index (Phi) is 6.29. The maximum Gasteiger partial charge on any atom is 0.122 e. The number of nitrogens with two attached hydrogens (primary N) is 1. The second-order valence-corrected chi connectivity index (χ2v) is 3.31. The van der Waals surface area contributed by atoms with Crippen LogP contribution in [-0.4, -0.2) is 13.8 Å². The van der Waals surface area contributed by atoms with Crippen molar-refractivity contribution in [2.24, 2.45) is 5.73 Å². The number of alkyl halides is 1. The molecule has 0 saturated heterocycles. The molecule has 1 aromatic rings. The van der Waals surface area contributed by atoms with Gasteiger partial charge in [-0.25, -0.2) is 0 Å². The lowest BCUT2D eigenvalue weighted by Crippen LogP contribution is -2.11. The molecule has 1 aromatic carbocycles. The monoisotopic (exact) mass is 233 g/mol. The Morgan fingerprint density at radius 3 is 2.67 bits per heavy atom. The van der Waals surface area contributed by atoms with Gasteiger partial charge in [0.2, 0.25) is 0 Å². The number of hydrogen-bond donors (Lipinski definition) is 1. The fraction of sp³-hybridized carbons (Fsp3) is 0.455. The lowest BCUT2D eigenvalue weighted by molar-refractivity contribution is 0.408.